The molecule has 0 aromatic heterocycles. The van der Waals surface area contributed by atoms with Gasteiger partial charge in [-0.3, -0.25) is 9.59 Å². The van der Waals surface area contributed by atoms with Gasteiger partial charge in [0.1, 0.15) is 0 Å². The first-order valence-corrected chi connectivity index (χ1v) is 6.81. The van der Waals surface area contributed by atoms with E-state index in [-0.39, 0.29) is 18.4 Å². The summed E-state index contributed by atoms with van der Waals surface area (Å²) in [5.41, 5.74) is 0.987. The Morgan fingerprint density at radius 2 is 2.00 bits per heavy atom. The fourth-order valence-electron chi connectivity index (χ4n) is 2.64. The molecule has 19 heavy (non-hydrogen) atoms. The average molecular weight is 278 g/mol. The number of nitrogens with zero attached hydrogens (tertiary/aromatic N) is 1. The van der Waals surface area contributed by atoms with Crippen molar-refractivity contribution in [3.8, 4) is 0 Å². The highest BCUT2D eigenvalue weighted by Crippen LogP contribution is 2.52. The number of benzene rings is 1. The molecule has 0 spiro atoms. The fourth-order valence-corrected chi connectivity index (χ4v) is 4.25. The standard InChI is InChI=1S/C13H14N2O3S/c1-15-11(18)12(8-16)14-10(17)13(15,19-12)7-9-5-3-2-4-6-9/h2-6,16H,7-8H2,1H3,(H,14,17). The summed E-state index contributed by atoms with van der Waals surface area (Å²) in [7, 11) is 1.62. The first-order valence-electron chi connectivity index (χ1n) is 6.00. The summed E-state index contributed by atoms with van der Waals surface area (Å²) < 4.78 is 0. The molecule has 3 rings (SSSR count). The van der Waals surface area contributed by atoms with E-state index in [0.29, 0.717) is 6.42 Å². The second kappa shape index (κ2) is 3.98. The molecule has 1 aromatic carbocycles. The van der Waals surface area contributed by atoms with Crippen LogP contribution in [0.2, 0.25) is 0 Å². The largest absolute Gasteiger partial charge is 0.392 e. The van der Waals surface area contributed by atoms with Crippen LogP contribution in [-0.2, 0) is 16.0 Å². The normalized spacial score (nSPS) is 32.8. The Morgan fingerprint density at radius 1 is 1.32 bits per heavy atom. The van der Waals surface area contributed by atoms with Gasteiger partial charge in [0.2, 0.25) is 0 Å². The Hall–Kier alpha value is -1.53. The summed E-state index contributed by atoms with van der Waals surface area (Å²) in [6.45, 7) is -0.386. The number of hydrogen-bond acceptors (Lipinski definition) is 4. The van der Waals surface area contributed by atoms with E-state index in [1.807, 2.05) is 30.3 Å². The van der Waals surface area contributed by atoms with Gasteiger partial charge in [0.15, 0.2) is 9.74 Å². The highest BCUT2D eigenvalue weighted by molar-refractivity contribution is 8.04. The lowest BCUT2D eigenvalue weighted by Gasteiger charge is -2.34. The van der Waals surface area contributed by atoms with Crippen LogP contribution in [0.3, 0.4) is 0 Å². The molecule has 6 heteroatoms. The number of aliphatic hydroxyl groups is 1. The summed E-state index contributed by atoms with van der Waals surface area (Å²) in [5.74, 6) is -0.451. The van der Waals surface area contributed by atoms with Gasteiger partial charge >= 0.3 is 0 Å². The van der Waals surface area contributed by atoms with Gasteiger partial charge in [-0.15, -0.1) is 0 Å². The number of aliphatic hydroxyl groups excluding tert-OH is 1. The Morgan fingerprint density at radius 3 is 2.63 bits per heavy atom. The number of carbonyl (C=O) groups excluding carboxylic acids is 2. The molecule has 2 saturated heterocycles. The van der Waals surface area contributed by atoms with E-state index in [9.17, 15) is 14.7 Å². The molecule has 1 aromatic rings. The molecule has 100 valence electrons. The summed E-state index contributed by atoms with van der Waals surface area (Å²) in [5, 5.41) is 12.1. The van der Waals surface area contributed by atoms with Crippen LogP contribution < -0.4 is 5.32 Å². The van der Waals surface area contributed by atoms with Gasteiger partial charge in [0.25, 0.3) is 11.8 Å². The van der Waals surface area contributed by atoms with Crippen LogP contribution in [-0.4, -0.2) is 45.2 Å². The van der Waals surface area contributed by atoms with Crippen LogP contribution in [0.25, 0.3) is 0 Å². The molecule has 2 amide bonds. The number of rotatable bonds is 3. The van der Waals surface area contributed by atoms with Crippen LogP contribution in [0, 0.1) is 0 Å². The Kier molecular flexibility index (Phi) is 2.62. The quantitative estimate of drug-likeness (QED) is 0.813. The third kappa shape index (κ3) is 1.53. The first-order chi connectivity index (χ1) is 9.04. The summed E-state index contributed by atoms with van der Waals surface area (Å²) in [6.07, 6.45) is 0.439. The number of thioether (sulfide) groups is 1. The van der Waals surface area contributed by atoms with Gasteiger partial charge in [-0.1, -0.05) is 42.1 Å². The van der Waals surface area contributed by atoms with Crippen molar-refractivity contribution in [2.45, 2.75) is 16.2 Å². The number of carbonyl (C=O) groups is 2. The van der Waals surface area contributed by atoms with Crippen LogP contribution in [0.15, 0.2) is 30.3 Å². The number of piperazine rings is 1. The number of nitrogens with one attached hydrogen (secondary N) is 1. The van der Waals surface area contributed by atoms with Crippen molar-refractivity contribution >= 4 is 23.6 Å². The molecule has 5 nitrogen and oxygen atoms in total. The van der Waals surface area contributed by atoms with Crippen LogP contribution in [0.4, 0.5) is 0 Å². The van der Waals surface area contributed by atoms with Gasteiger partial charge in [-0.05, 0) is 5.56 Å². The first kappa shape index (κ1) is 12.5. The van der Waals surface area contributed by atoms with E-state index in [1.165, 1.54) is 16.7 Å². The van der Waals surface area contributed by atoms with Crippen molar-refractivity contribution in [1.29, 1.82) is 0 Å². The predicted molar refractivity (Wildman–Crippen MR) is 71.2 cm³/mol. The fraction of sp³-hybridized carbons (Fsp3) is 0.385. The predicted octanol–water partition coefficient (Wildman–Crippen LogP) is -0.0510. The SMILES string of the molecule is CN1C(=O)C2(CO)NC(=O)C1(Cc1ccccc1)S2. The summed E-state index contributed by atoms with van der Waals surface area (Å²) in [4.78, 5) is 23.8. The van der Waals surface area contributed by atoms with Crippen molar-refractivity contribution in [2.24, 2.45) is 0 Å². The van der Waals surface area contributed by atoms with Crippen molar-refractivity contribution in [2.75, 3.05) is 13.7 Å². The van der Waals surface area contributed by atoms with Crippen molar-refractivity contribution in [3.05, 3.63) is 35.9 Å². The van der Waals surface area contributed by atoms with E-state index in [4.69, 9.17) is 0 Å². The van der Waals surface area contributed by atoms with E-state index in [2.05, 4.69) is 5.32 Å². The Labute approximate surface area is 115 Å². The minimum absolute atomic E-state index is 0.211. The highest BCUT2D eigenvalue weighted by Gasteiger charge is 2.69. The lowest BCUT2D eigenvalue weighted by molar-refractivity contribution is -0.148. The van der Waals surface area contributed by atoms with Crippen molar-refractivity contribution < 1.29 is 14.7 Å². The van der Waals surface area contributed by atoms with Gasteiger partial charge in [-0.2, -0.15) is 0 Å². The minimum atomic E-state index is -1.19. The topological polar surface area (TPSA) is 69.6 Å². The summed E-state index contributed by atoms with van der Waals surface area (Å²) in [6, 6.07) is 9.57. The van der Waals surface area contributed by atoms with Gasteiger partial charge < -0.3 is 15.3 Å². The monoisotopic (exact) mass is 278 g/mol. The molecule has 2 aliphatic rings. The van der Waals surface area contributed by atoms with Crippen LogP contribution in [0.1, 0.15) is 5.56 Å². The molecule has 0 saturated carbocycles. The molecule has 2 heterocycles. The van der Waals surface area contributed by atoms with Gasteiger partial charge in [-0.25, -0.2) is 0 Å². The highest BCUT2D eigenvalue weighted by atomic mass is 32.2. The van der Waals surface area contributed by atoms with Crippen LogP contribution in [0.5, 0.6) is 0 Å². The van der Waals surface area contributed by atoms with E-state index in [1.54, 1.807) is 7.05 Å². The second-order valence-electron chi connectivity index (χ2n) is 4.85. The second-order valence-corrected chi connectivity index (χ2v) is 6.43. The maximum absolute atomic E-state index is 12.2. The average Bonchev–Trinajstić information content (AvgIpc) is 2.82. The molecule has 2 fully saturated rings. The third-order valence-corrected chi connectivity index (χ3v) is 5.41. The van der Waals surface area contributed by atoms with E-state index >= 15 is 0 Å². The van der Waals surface area contributed by atoms with Crippen LogP contribution >= 0.6 is 11.8 Å². The molecule has 0 aliphatic carbocycles. The molecule has 0 radical (unpaired) electrons. The van der Waals surface area contributed by atoms with E-state index < -0.39 is 9.74 Å². The Bertz CT molecular complexity index is 550. The molecule has 2 bridgehead atoms. The molecular formula is C13H14N2O3S. The lowest BCUT2D eigenvalue weighted by atomic mass is 10.0. The zero-order chi connectivity index (χ0) is 13.7. The minimum Gasteiger partial charge on any atom is -0.392 e. The number of amides is 2. The number of fused-ring (bicyclic) bond motifs is 2. The van der Waals surface area contributed by atoms with Crippen molar-refractivity contribution in [1.82, 2.24) is 10.2 Å². The molecule has 2 atom stereocenters. The lowest BCUT2D eigenvalue weighted by Crippen LogP contribution is -2.63. The maximum atomic E-state index is 12.2. The Balaban J connectivity index is 1.99. The van der Waals surface area contributed by atoms with Crippen molar-refractivity contribution in [3.63, 3.8) is 0 Å². The maximum Gasteiger partial charge on any atom is 0.262 e. The number of likely N-dealkylation sites (N-methyl/N-ethyl adjacent to an activating group) is 1. The van der Waals surface area contributed by atoms with E-state index in [0.717, 1.165) is 5.56 Å². The summed E-state index contributed by atoms with van der Waals surface area (Å²) >= 11 is 1.21. The molecule has 2 N–H and O–H groups in total. The third-order valence-electron chi connectivity index (χ3n) is 3.71. The zero-order valence-corrected chi connectivity index (χ0v) is 11.2. The molecular weight excluding hydrogens is 264 g/mol. The molecule has 2 unspecified atom stereocenters. The van der Waals surface area contributed by atoms with Gasteiger partial charge in [0.05, 0.1) is 6.61 Å². The smallest absolute Gasteiger partial charge is 0.262 e. The zero-order valence-electron chi connectivity index (χ0n) is 10.4. The van der Waals surface area contributed by atoms with Gasteiger partial charge in [0, 0.05) is 13.5 Å². The number of hydrogen-bond donors (Lipinski definition) is 2. The molecule has 2 aliphatic heterocycles.